The van der Waals surface area contributed by atoms with Gasteiger partial charge in [-0.3, -0.25) is 4.72 Å². The molecule has 1 aliphatic rings. The highest BCUT2D eigenvalue weighted by atomic mass is 32.2. The lowest BCUT2D eigenvalue weighted by Crippen LogP contribution is -2.51. The Labute approximate surface area is 142 Å². The number of hydrogen-bond donors (Lipinski definition) is 3. The molecule has 24 heavy (non-hydrogen) atoms. The van der Waals surface area contributed by atoms with Gasteiger partial charge in [0.2, 0.25) is 20.0 Å². The number of sulfonamides is 2. The predicted octanol–water partition coefficient (Wildman–Crippen LogP) is 1.01. The van der Waals surface area contributed by atoms with E-state index >= 15 is 0 Å². The van der Waals surface area contributed by atoms with Crippen molar-refractivity contribution in [2.24, 2.45) is 0 Å². The number of piperidine rings is 1. The highest BCUT2D eigenvalue weighted by Crippen LogP contribution is 2.21. The average molecular weight is 379 g/mol. The second kappa shape index (κ2) is 7.34. The summed E-state index contributed by atoms with van der Waals surface area (Å²) in [5.74, 6) is -1.15. The molecule has 0 saturated carbocycles. The second-order valence-corrected chi connectivity index (χ2v) is 9.48. The minimum Gasteiger partial charge on any atom is -0.313 e. The van der Waals surface area contributed by atoms with Gasteiger partial charge in [0.15, 0.2) is 0 Å². The zero-order valence-corrected chi connectivity index (χ0v) is 15.2. The van der Waals surface area contributed by atoms with Crippen LogP contribution in [0.25, 0.3) is 0 Å². The summed E-state index contributed by atoms with van der Waals surface area (Å²) in [6.45, 7) is 4.14. The summed E-state index contributed by atoms with van der Waals surface area (Å²) in [4.78, 5) is -0.239. The third-order valence-electron chi connectivity index (χ3n) is 3.96. The van der Waals surface area contributed by atoms with Crippen LogP contribution in [0.15, 0.2) is 23.1 Å². The first-order chi connectivity index (χ1) is 11.1. The number of nitrogens with one attached hydrogen (secondary N) is 3. The standard InChI is InChI=1S/C14H22FN3O4S2/c1-3-23(19,20)17-14-7-6-11(9-12(14)15)24(21,22)18-13-5-4-8-16-10(13)2/h6-7,9-10,13,16-18H,3-5,8H2,1-2H3. The molecule has 0 spiro atoms. The van der Waals surface area contributed by atoms with Gasteiger partial charge in [-0.1, -0.05) is 0 Å². The van der Waals surface area contributed by atoms with E-state index in [1.807, 2.05) is 6.92 Å². The van der Waals surface area contributed by atoms with E-state index in [1.165, 1.54) is 13.0 Å². The lowest BCUT2D eigenvalue weighted by Gasteiger charge is -2.30. The molecule has 1 saturated heterocycles. The summed E-state index contributed by atoms with van der Waals surface area (Å²) >= 11 is 0. The summed E-state index contributed by atoms with van der Waals surface area (Å²) in [6.07, 6.45) is 1.55. The number of anilines is 1. The fourth-order valence-corrected chi connectivity index (χ4v) is 4.47. The van der Waals surface area contributed by atoms with Gasteiger partial charge in [0.25, 0.3) is 0 Å². The van der Waals surface area contributed by atoms with Crippen LogP contribution in [0.1, 0.15) is 26.7 Å². The number of benzene rings is 1. The fraction of sp³-hybridized carbons (Fsp3) is 0.571. The topological polar surface area (TPSA) is 104 Å². The summed E-state index contributed by atoms with van der Waals surface area (Å²) in [5, 5.41) is 3.18. The van der Waals surface area contributed by atoms with Crippen LogP contribution in [0.5, 0.6) is 0 Å². The molecule has 3 N–H and O–H groups in total. The molecule has 7 nitrogen and oxygen atoms in total. The van der Waals surface area contributed by atoms with Gasteiger partial charge in [0.1, 0.15) is 5.82 Å². The van der Waals surface area contributed by atoms with Crippen molar-refractivity contribution in [1.29, 1.82) is 0 Å². The molecule has 1 aliphatic heterocycles. The maximum absolute atomic E-state index is 14.1. The van der Waals surface area contributed by atoms with E-state index in [0.717, 1.165) is 25.1 Å². The molecule has 0 aromatic heterocycles. The molecule has 0 aliphatic carbocycles. The van der Waals surface area contributed by atoms with Crippen molar-refractivity contribution in [2.45, 2.75) is 43.7 Å². The van der Waals surface area contributed by atoms with E-state index in [-0.39, 0.29) is 28.4 Å². The van der Waals surface area contributed by atoms with Crippen LogP contribution in [-0.4, -0.2) is 41.2 Å². The van der Waals surface area contributed by atoms with Crippen molar-refractivity contribution in [1.82, 2.24) is 10.0 Å². The average Bonchev–Trinajstić information content (AvgIpc) is 2.51. The van der Waals surface area contributed by atoms with Crippen LogP contribution in [0.3, 0.4) is 0 Å². The molecule has 2 atom stereocenters. The van der Waals surface area contributed by atoms with Crippen molar-refractivity contribution in [3.05, 3.63) is 24.0 Å². The summed E-state index contributed by atoms with van der Waals surface area (Å²) < 4.78 is 66.5. The highest BCUT2D eigenvalue weighted by molar-refractivity contribution is 7.92. The molecule has 10 heteroatoms. The van der Waals surface area contributed by atoms with Crippen LogP contribution in [-0.2, 0) is 20.0 Å². The molecule has 1 heterocycles. The van der Waals surface area contributed by atoms with E-state index in [1.54, 1.807) is 0 Å². The highest BCUT2D eigenvalue weighted by Gasteiger charge is 2.27. The molecular weight excluding hydrogens is 357 g/mol. The molecule has 1 aromatic carbocycles. The number of halogens is 1. The summed E-state index contributed by atoms with van der Waals surface area (Å²) in [6, 6.07) is 2.81. The van der Waals surface area contributed by atoms with Gasteiger partial charge in [0, 0.05) is 12.1 Å². The summed E-state index contributed by atoms with van der Waals surface area (Å²) in [7, 11) is -7.53. The minimum absolute atomic E-state index is 0.0194. The van der Waals surface area contributed by atoms with Crippen LogP contribution in [0, 0.1) is 5.82 Å². The van der Waals surface area contributed by atoms with Crippen LogP contribution in [0.4, 0.5) is 10.1 Å². The fourth-order valence-electron chi connectivity index (χ4n) is 2.46. The van der Waals surface area contributed by atoms with Crippen LogP contribution >= 0.6 is 0 Å². The Morgan fingerprint density at radius 1 is 1.29 bits per heavy atom. The largest absolute Gasteiger partial charge is 0.313 e. The predicted molar refractivity (Wildman–Crippen MR) is 90.3 cm³/mol. The molecule has 1 fully saturated rings. The Morgan fingerprint density at radius 3 is 2.58 bits per heavy atom. The Balaban J connectivity index is 2.20. The third-order valence-corrected chi connectivity index (χ3v) is 6.74. The molecule has 1 aromatic rings. The van der Waals surface area contributed by atoms with Crippen molar-refractivity contribution < 1.29 is 21.2 Å². The SMILES string of the molecule is CCS(=O)(=O)Nc1ccc(S(=O)(=O)NC2CCCNC2C)cc1F. The van der Waals surface area contributed by atoms with Crippen molar-refractivity contribution in [3.63, 3.8) is 0 Å². The van der Waals surface area contributed by atoms with Gasteiger partial charge in [-0.25, -0.2) is 25.9 Å². The maximum atomic E-state index is 14.1. The molecule has 136 valence electrons. The number of rotatable bonds is 6. The zero-order chi connectivity index (χ0) is 18.0. The third kappa shape index (κ3) is 4.65. The second-order valence-electron chi connectivity index (χ2n) is 5.76. The van der Waals surface area contributed by atoms with Crippen molar-refractivity contribution in [3.8, 4) is 0 Å². The first-order valence-electron chi connectivity index (χ1n) is 7.70. The first kappa shape index (κ1) is 19.1. The van der Waals surface area contributed by atoms with Gasteiger partial charge in [-0.2, -0.15) is 0 Å². The minimum atomic E-state index is -3.89. The Morgan fingerprint density at radius 2 is 2.00 bits per heavy atom. The lowest BCUT2D eigenvalue weighted by molar-refractivity contribution is 0.349. The zero-order valence-electron chi connectivity index (χ0n) is 13.5. The van der Waals surface area contributed by atoms with E-state index < -0.39 is 25.9 Å². The molecule has 0 radical (unpaired) electrons. The van der Waals surface area contributed by atoms with Gasteiger partial charge in [0.05, 0.1) is 16.3 Å². The Kier molecular flexibility index (Phi) is 5.84. The maximum Gasteiger partial charge on any atom is 0.240 e. The smallest absolute Gasteiger partial charge is 0.240 e. The molecule has 0 bridgehead atoms. The van der Waals surface area contributed by atoms with Crippen LogP contribution < -0.4 is 14.8 Å². The molecular formula is C14H22FN3O4S2. The molecule has 2 unspecified atom stereocenters. The quantitative estimate of drug-likeness (QED) is 0.684. The van der Waals surface area contributed by atoms with Gasteiger partial charge >= 0.3 is 0 Å². The van der Waals surface area contributed by atoms with E-state index in [2.05, 4.69) is 14.8 Å². The molecule has 0 amide bonds. The summed E-state index contributed by atoms with van der Waals surface area (Å²) in [5.41, 5.74) is -0.275. The van der Waals surface area contributed by atoms with Crippen molar-refractivity contribution >= 4 is 25.7 Å². The molecule has 2 rings (SSSR count). The lowest BCUT2D eigenvalue weighted by atomic mass is 10.0. The first-order valence-corrected chi connectivity index (χ1v) is 10.8. The van der Waals surface area contributed by atoms with Gasteiger partial charge in [-0.15, -0.1) is 0 Å². The van der Waals surface area contributed by atoms with Gasteiger partial charge < -0.3 is 5.32 Å². The number of hydrogen-bond acceptors (Lipinski definition) is 5. The Bertz CT molecular complexity index is 796. The Hall–Kier alpha value is -1.23. The van der Waals surface area contributed by atoms with Crippen LogP contribution in [0.2, 0.25) is 0 Å². The monoisotopic (exact) mass is 379 g/mol. The van der Waals surface area contributed by atoms with E-state index in [4.69, 9.17) is 0 Å². The van der Waals surface area contributed by atoms with Gasteiger partial charge in [-0.05, 0) is 51.4 Å². The van der Waals surface area contributed by atoms with E-state index in [9.17, 15) is 21.2 Å². The van der Waals surface area contributed by atoms with Crippen molar-refractivity contribution in [2.75, 3.05) is 17.0 Å². The normalized spacial score (nSPS) is 22.3. The van der Waals surface area contributed by atoms with E-state index in [0.29, 0.717) is 6.42 Å².